The molecular weight excluding hydrogens is 496 g/mol. The van der Waals surface area contributed by atoms with Gasteiger partial charge in [0.15, 0.2) is 10.9 Å². The molecule has 0 unspecified atom stereocenters. The Morgan fingerprint density at radius 1 is 0.838 bits per heavy atom. The molecule has 2 N–H and O–H groups in total. The summed E-state index contributed by atoms with van der Waals surface area (Å²) < 4.78 is 6.91. The third kappa shape index (κ3) is 6.17. The number of thiocarbonyl (C=S) groups is 1. The molecule has 0 saturated heterocycles. The molecule has 4 rings (SSSR count). The fourth-order valence-electron chi connectivity index (χ4n) is 4.35. The van der Waals surface area contributed by atoms with Gasteiger partial charge in [-0.25, -0.2) is 4.98 Å². The highest BCUT2D eigenvalue weighted by Crippen LogP contribution is 2.37. The molecule has 4 aromatic rings. The molecule has 0 aliphatic rings. The molecule has 8 heteroatoms. The molecular formula is C29H30N4O2SSi. The minimum atomic E-state index is -2.67. The lowest BCUT2D eigenvalue weighted by molar-refractivity contribution is 0.0977. The van der Waals surface area contributed by atoms with E-state index in [1.165, 1.54) is 10.4 Å². The molecule has 1 heterocycles. The first-order valence-electron chi connectivity index (χ1n) is 12.0. The van der Waals surface area contributed by atoms with Gasteiger partial charge in [0.1, 0.15) is 0 Å². The quantitative estimate of drug-likeness (QED) is 0.269. The van der Waals surface area contributed by atoms with E-state index in [-0.39, 0.29) is 16.1 Å². The van der Waals surface area contributed by atoms with E-state index in [9.17, 15) is 4.79 Å². The van der Waals surface area contributed by atoms with Crippen molar-refractivity contribution in [3.05, 3.63) is 115 Å². The van der Waals surface area contributed by atoms with E-state index in [2.05, 4.69) is 89.9 Å². The number of aromatic nitrogens is 2. The first-order chi connectivity index (χ1) is 17.8. The van der Waals surface area contributed by atoms with Gasteiger partial charge < -0.3 is 9.74 Å². The van der Waals surface area contributed by atoms with Crippen molar-refractivity contribution >= 4 is 47.7 Å². The lowest BCUT2D eigenvalue weighted by atomic mass is 10.2. The number of anilines is 1. The molecule has 1 aromatic heterocycles. The minimum absolute atomic E-state index is 0.131. The summed E-state index contributed by atoms with van der Waals surface area (Å²) in [5, 5.41) is 8.00. The first kappa shape index (κ1) is 26.3. The number of carbonyl (C=O) groups is 1. The normalized spacial score (nSPS) is 11.5. The lowest BCUT2D eigenvalue weighted by Crippen LogP contribution is -2.66. The average Bonchev–Trinajstić information content (AvgIpc) is 2.91. The van der Waals surface area contributed by atoms with Crippen LogP contribution in [0.25, 0.3) is 0 Å². The molecule has 3 aromatic carbocycles. The van der Waals surface area contributed by atoms with E-state index in [0.29, 0.717) is 23.7 Å². The largest absolute Gasteiger partial charge is 0.401 e. The molecule has 0 radical (unpaired) electrons. The summed E-state index contributed by atoms with van der Waals surface area (Å²) in [7, 11) is -2.67. The molecule has 0 saturated carbocycles. The Labute approximate surface area is 224 Å². The Morgan fingerprint density at radius 2 is 1.38 bits per heavy atom. The monoisotopic (exact) mass is 526 g/mol. The summed E-state index contributed by atoms with van der Waals surface area (Å²) in [5.74, 6) is 0.147. The Kier molecular flexibility index (Phi) is 8.23. The number of hydrogen-bond acceptors (Lipinski definition) is 5. The Balaban J connectivity index is 1.49. The van der Waals surface area contributed by atoms with Crippen LogP contribution in [0.15, 0.2) is 103 Å². The highest BCUT2D eigenvalue weighted by molar-refractivity contribution is 7.80. The van der Waals surface area contributed by atoms with Gasteiger partial charge in [-0.15, -0.1) is 0 Å². The van der Waals surface area contributed by atoms with Crippen LogP contribution in [0.3, 0.4) is 0 Å². The van der Waals surface area contributed by atoms with Gasteiger partial charge in [-0.3, -0.25) is 15.1 Å². The maximum absolute atomic E-state index is 12.3. The second kappa shape index (κ2) is 11.6. The van der Waals surface area contributed by atoms with Crippen LogP contribution >= 0.6 is 12.2 Å². The van der Waals surface area contributed by atoms with Crippen molar-refractivity contribution in [2.45, 2.75) is 32.4 Å². The summed E-state index contributed by atoms with van der Waals surface area (Å²) in [5.41, 5.74) is 1.23. The van der Waals surface area contributed by atoms with Crippen LogP contribution in [-0.2, 0) is 11.0 Å². The van der Waals surface area contributed by atoms with Gasteiger partial charge in [0.05, 0.1) is 24.7 Å². The van der Waals surface area contributed by atoms with Crippen LogP contribution in [0.5, 0.6) is 0 Å². The Hall–Kier alpha value is -3.72. The van der Waals surface area contributed by atoms with E-state index in [0.717, 1.165) is 0 Å². The predicted molar refractivity (Wildman–Crippen MR) is 155 cm³/mol. The first-order valence-corrected chi connectivity index (χ1v) is 14.3. The Morgan fingerprint density at radius 3 is 1.86 bits per heavy atom. The van der Waals surface area contributed by atoms with E-state index in [1.54, 1.807) is 36.7 Å². The summed E-state index contributed by atoms with van der Waals surface area (Å²) in [6.07, 6.45) is 3.26. The van der Waals surface area contributed by atoms with Crippen LogP contribution in [0.4, 0.5) is 5.82 Å². The predicted octanol–water partition coefficient (Wildman–Crippen LogP) is 4.68. The van der Waals surface area contributed by atoms with Crippen molar-refractivity contribution in [3.8, 4) is 0 Å². The van der Waals surface area contributed by atoms with Crippen LogP contribution in [-0.4, -0.2) is 29.3 Å². The number of benzene rings is 3. The van der Waals surface area contributed by atoms with Crippen LogP contribution in [0, 0.1) is 0 Å². The van der Waals surface area contributed by atoms with Crippen molar-refractivity contribution in [1.29, 1.82) is 0 Å². The summed E-state index contributed by atoms with van der Waals surface area (Å²) >= 11 is 5.26. The van der Waals surface area contributed by atoms with Crippen molar-refractivity contribution < 1.29 is 9.22 Å². The molecule has 0 spiro atoms. The van der Waals surface area contributed by atoms with E-state index < -0.39 is 8.32 Å². The molecule has 0 bridgehead atoms. The smallest absolute Gasteiger partial charge is 0.261 e. The SMILES string of the molecule is CC(C)(C)[Si](OCc1cnc(NC(=S)NC(=O)c2ccccc2)cn1)(c1ccccc1)c1ccccc1. The van der Waals surface area contributed by atoms with Crippen molar-refractivity contribution in [1.82, 2.24) is 15.3 Å². The number of carbonyl (C=O) groups excluding carboxylic acids is 1. The molecule has 0 atom stereocenters. The van der Waals surface area contributed by atoms with Gasteiger partial charge in [0.25, 0.3) is 14.2 Å². The molecule has 0 fully saturated rings. The van der Waals surface area contributed by atoms with Gasteiger partial charge in [-0.1, -0.05) is 99.6 Å². The van der Waals surface area contributed by atoms with E-state index in [4.69, 9.17) is 16.6 Å². The molecule has 0 aliphatic heterocycles. The summed E-state index contributed by atoms with van der Waals surface area (Å²) in [4.78, 5) is 21.3. The van der Waals surface area contributed by atoms with E-state index in [1.807, 2.05) is 18.2 Å². The lowest BCUT2D eigenvalue weighted by Gasteiger charge is -2.42. The maximum Gasteiger partial charge on any atom is 0.261 e. The van der Waals surface area contributed by atoms with Gasteiger partial charge in [0.2, 0.25) is 0 Å². The number of nitrogens with one attached hydrogen (secondary N) is 2. The fraction of sp³-hybridized carbons (Fsp3) is 0.172. The topological polar surface area (TPSA) is 76.1 Å². The van der Waals surface area contributed by atoms with Crippen LogP contribution in [0.2, 0.25) is 5.04 Å². The molecule has 1 amide bonds. The highest BCUT2D eigenvalue weighted by Gasteiger charge is 2.50. The van der Waals surface area contributed by atoms with Crippen molar-refractivity contribution in [3.63, 3.8) is 0 Å². The number of hydrogen-bond donors (Lipinski definition) is 2. The third-order valence-corrected chi connectivity index (χ3v) is 11.2. The number of rotatable bonds is 7. The second-order valence-electron chi connectivity index (χ2n) is 9.62. The highest BCUT2D eigenvalue weighted by atomic mass is 32.1. The van der Waals surface area contributed by atoms with Gasteiger partial charge >= 0.3 is 0 Å². The van der Waals surface area contributed by atoms with E-state index >= 15 is 0 Å². The minimum Gasteiger partial charge on any atom is -0.401 e. The van der Waals surface area contributed by atoms with Gasteiger partial charge in [0, 0.05) is 5.56 Å². The zero-order valence-corrected chi connectivity index (χ0v) is 23.0. The molecule has 188 valence electrons. The van der Waals surface area contributed by atoms with Crippen molar-refractivity contribution in [2.75, 3.05) is 5.32 Å². The van der Waals surface area contributed by atoms with Crippen LogP contribution in [0.1, 0.15) is 36.8 Å². The molecule has 6 nitrogen and oxygen atoms in total. The van der Waals surface area contributed by atoms with Crippen molar-refractivity contribution in [2.24, 2.45) is 0 Å². The van der Waals surface area contributed by atoms with Gasteiger partial charge in [-0.05, 0) is 39.8 Å². The maximum atomic E-state index is 12.3. The number of nitrogens with zero attached hydrogens (tertiary/aromatic N) is 2. The fourth-order valence-corrected chi connectivity index (χ4v) is 9.07. The van der Waals surface area contributed by atoms with Gasteiger partial charge in [-0.2, -0.15) is 0 Å². The summed E-state index contributed by atoms with van der Waals surface area (Å²) in [6, 6.07) is 29.8. The molecule has 37 heavy (non-hydrogen) atoms. The zero-order valence-electron chi connectivity index (χ0n) is 21.1. The number of amides is 1. The van der Waals surface area contributed by atoms with Crippen LogP contribution < -0.4 is 21.0 Å². The summed E-state index contributed by atoms with van der Waals surface area (Å²) in [6.45, 7) is 7.03. The third-order valence-electron chi connectivity index (χ3n) is 6.06. The zero-order chi connectivity index (χ0) is 26.3. The average molecular weight is 527 g/mol. The Bertz CT molecular complexity index is 1290. The molecule has 0 aliphatic carbocycles. The second-order valence-corrected chi connectivity index (χ2v) is 14.3. The standard InChI is InChI=1S/C29H30N4O2SSi/c1-29(2,3)37(24-15-9-5-10-16-24,25-17-11-6-12-18-25)35-21-23-19-31-26(20-30-23)32-28(36)33-27(34)22-13-7-4-8-14-22/h4-20H,21H2,1-3H3,(H2,31,32,33,34,36).